The van der Waals surface area contributed by atoms with E-state index in [4.69, 9.17) is 35.4 Å². The van der Waals surface area contributed by atoms with Crippen LogP contribution in [-0.2, 0) is 4.79 Å². The van der Waals surface area contributed by atoms with Crippen molar-refractivity contribution in [1.82, 2.24) is 10.6 Å². The summed E-state index contributed by atoms with van der Waals surface area (Å²) in [6.07, 6.45) is 1.62. The van der Waals surface area contributed by atoms with Crippen LogP contribution in [0.25, 0.3) is 6.08 Å². The zero-order valence-corrected chi connectivity index (χ0v) is 10.2. The number of thiocarbonyl (C=S) groups is 1. The third-order valence-corrected chi connectivity index (χ3v) is 2.75. The van der Waals surface area contributed by atoms with E-state index in [1.807, 2.05) is 0 Å². The molecule has 1 aromatic rings. The van der Waals surface area contributed by atoms with E-state index in [2.05, 4.69) is 10.6 Å². The molecule has 0 atom stereocenters. The van der Waals surface area contributed by atoms with Crippen LogP contribution in [0.3, 0.4) is 0 Å². The van der Waals surface area contributed by atoms with E-state index >= 15 is 0 Å². The summed E-state index contributed by atoms with van der Waals surface area (Å²) in [6, 6.07) is 5.04. The minimum Gasteiger partial charge on any atom is -0.328 e. The highest BCUT2D eigenvalue weighted by molar-refractivity contribution is 7.80. The van der Waals surface area contributed by atoms with Gasteiger partial charge in [-0.25, -0.2) is 0 Å². The van der Waals surface area contributed by atoms with Gasteiger partial charge in [0.05, 0.1) is 0 Å². The molecule has 1 fully saturated rings. The highest BCUT2D eigenvalue weighted by Crippen LogP contribution is 2.23. The summed E-state index contributed by atoms with van der Waals surface area (Å²) in [4.78, 5) is 11.4. The van der Waals surface area contributed by atoms with Gasteiger partial charge in [-0.3, -0.25) is 10.1 Å². The third kappa shape index (κ3) is 2.35. The second kappa shape index (κ2) is 4.41. The van der Waals surface area contributed by atoms with Crippen LogP contribution >= 0.6 is 35.4 Å². The maximum Gasteiger partial charge on any atom is 0.273 e. The molecule has 2 N–H and O–H groups in total. The highest BCUT2D eigenvalue weighted by atomic mass is 35.5. The summed E-state index contributed by atoms with van der Waals surface area (Å²) in [5.41, 5.74) is 1.07. The zero-order chi connectivity index (χ0) is 11.7. The lowest BCUT2D eigenvalue weighted by atomic mass is 10.2. The van der Waals surface area contributed by atoms with Gasteiger partial charge >= 0.3 is 0 Å². The van der Waals surface area contributed by atoms with Gasteiger partial charge in [-0.2, -0.15) is 0 Å². The Balaban J connectivity index is 2.36. The Morgan fingerprint density at radius 3 is 2.56 bits per heavy atom. The van der Waals surface area contributed by atoms with Gasteiger partial charge in [-0.05, 0) is 36.0 Å². The molecule has 0 aliphatic carbocycles. The smallest absolute Gasteiger partial charge is 0.273 e. The van der Waals surface area contributed by atoms with Crippen molar-refractivity contribution in [2.45, 2.75) is 0 Å². The van der Waals surface area contributed by atoms with Crippen LogP contribution in [-0.4, -0.2) is 11.0 Å². The Morgan fingerprint density at radius 2 is 2.00 bits per heavy atom. The van der Waals surface area contributed by atoms with E-state index in [-0.39, 0.29) is 5.91 Å². The van der Waals surface area contributed by atoms with Crippen LogP contribution in [0, 0.1) is 0 Å². The third-order valence-electron chi connectivity index (χ3n) is 1.98. The number of carbonyl (C=O) groups is 1. The van der Waals surface area contributed by atoms with Gasteiger partial charge in [0, 0.05) is 10.0 Å². The average molecular weight is 273 g/mol. The first-order valence-electron chi connectivity index (χ1n) is 4.35. The first-order chi connectivity index (χ1) is 7.56. The van der Waals surface area contributed by atoms with E-state index in [0.717, 1.165) is 0 Å². The number of hydrogen-bond donors (Lipinski definition) is 2. The second-order valence-electron chi connectivity index (χ2n) is 3.13. The Kier molecular flexibility index (Phi) is 3.14. The number of rotatable bonds is 1. The topological polar surface area (TPSA) is 41.1 Å². The predicted molar refractivity (Wildman–Crippen MR) is 68.3 cm³/mol. The van der Waals surface area contributed by atoms with E-state index in [0.29, 0.717) is 26.4 Å². The summed E-state index contributed by atoms with van der Waals surface area (Å²) < 4.78 is 0. The molecular formula is C10H6Cl2N2OS. The van der Waals surface area contributed by atoms with Gasteiger partial charge in [-0.15, -0.1) is 0 Å². The van der Waals surface area contributed by atoms with Crippen LogP contribution in [0.15, 0.2) is 23.9 Å². The van der Waals surface area contributed by atoms with Crippen molar-refractivity contribution in [3.63, 3.8) is 0 Å². The predicted octanol–water partition coefficient (Wildman–Crippen LogP) is 2.34. The monoisotopic (exact) mass is 272 g/mol. The van der Waals surface area contributed by atoms with Crippen molar-refractivity contribution in [2.75, 3.05) is 0 Å². The normalized spacial score (nSPS) is 17.5. The summed E-state index contributed by atoms with van der Waals surface area (Å²) in [5.74, 6) is -0.268. The lowest BCUT2D eigenvalue weighted by Crippen LogP contribution is -2.21. The van der Waals surface area contributed by atoms with Gasteiger partial charge < -0.3 is 5.32 Å². The minimum atomic E-state index is -0.268. The molecule has 1 aromatic carbocycles. The number of benzene rings is 1. The molecule has 0 unspecified atom stereocenters. The van der Waals surface area contributed by atoms with Gasteiger partial charge in [0.1, 0.15) is 5.70 Å². The van der Waals surface area contributed by atoms with Crippen LogP contribution < -0.4 is 10.6 Å². The van der Waals surface area contributed by atoms with E-state index < -0.39 is 0 Å². The molecule has 1 heterocycles. The molecule has 3 nitrogen and oxygen atoms in total. The summed E-state index contributed by atoms with van der Waals surface area (Å²) in [5, 5.41) is 6.52. The number of hydrogen-bond acceptors (Lipinski definition) is 2. The van der Waals surface area contributed by atoms with Crippen LogP contribution in [0.2, 0.25) is 10.0 Å². The van der Waals surface area contributed by atoms with Gasteiger partial charge in [-0.1, -0.05) is 29.3 Å². The standard InChI is InChI=1S/C10H6Cl2N2OS/c11-6-2-1-5(7(12)4-6)3-8-9(15)14-10(16)13-8/h1-4H,(H2,13,14,15,16). The minimum absolute atomic E-state index is 0.268. The Morgan fingerprint density at radius 1 is 1.25 bits per heavy atom. The Hall–Kier alpha value is -1.10. The number of halogens is 2. The molecule has 2 rings (SSSR count). The summed E-state index contributed by atoms with van der Waals surface area (Å²) >= 11 is 16.5. The molecule has 82 valence electrons. The molecule has 0 saturated carbocycles. The van der Waals surface area contributed by atoms with Crippen LogP contribution in [0.4, 0.5) is 0 Å². The molecule has 1 aliphatic rings. The van der Waals surface area contributed by atoms with Crippen LogP contribution in [0.5, 0.6) is 0 Å². The largest absolute Gasteiger partial charge is 0.328 e. The SMILES string of the molecule is O=C1NC(=S)NC1=Cc1ccc(Cl)cc1Cl. The average Bonchev–Trinajstić information content (AvgIpc) is 2.50. The fourth-order valence-corrected chi connectivity index (χ4v) is 1.92. The molecule has 0 bridgehead atoms. The lowest BCUT2D eigenvalue weighted by Gasteiger charge is -2.00. The molecule has 0 aromatic heterocycles. The number of nitrogens with one attached hydrogen (secondary N) is 2. The van der Waals surface area contributed by atoms with Gasteiger partial charge in [0.2, 0.25) is 0 Å². The fraction of sp³-hybridized carbons (Fsp3) is 0. The Bertz CT molecular complexity index is 514. The van der Waals surface area contributed by atoms with Crippen molar-refractivity contribution in [1.29, 1.82) is 0 Å². The zero-order valence-electron chi connectivity index (χ0n) is 7.88. The van der Waals surface area contributed by atoms with Gasteiger partial charge in [0.25, 0.3) is 5.91 Å². The van der Waals surface area contributed by atoms with E-state index in [1.165, 1.54) is 0 Å². The molecule has 16 heavy (non-hydrogen) atoms. The number of carbonyl (C=O) groups excluding carboxylic acids is 1. The molecule has 1 saturated heterocycles. The van der Waals surface area contributed by atoms with E-state index in [1.54, 1.807) is 24.3 Å². The first-order valence-corrected chi connectivity index (χ1v) is 5.52. The highest BCUT2D eigenvalue weighted by Gasteiger charge is 2.20. The molecule has 0 spiro atoms. The number of amides is 1. The summed E-state index contributed by atoms with van der Waals surface area (Å²) in [7, 11) is 0. The maximum absolute atomic E-state index is 11.4. The second-order valence-corrected chi connectivity index (χ2v) is 4.38. The fourth-order valence-electron chi connectivity index (χ4n) is 1.26. The van der Waals surface area contributed by atoms with Crippen molar-refractivity contribution in [3.05, 3.63) is 39.5 Å². The quantitative estimate of drug-likeness (QED) is 0.609. The van der Waals surface area contributed by atoms with E-state index in [9.17, 15) is 4.79 Å². The molecule has 1 amide bonds. The summed E-state index contributed by atoms with van der Waals surface area (Å²) in [6.45, 7) is 0. The Labute approximate surface area is 107 Å². The van der Waals surface area contributed by atoms with Crippen molar-refractivity contribution in [3.8, 4) is 0 Å². The molecular weight excluding hydrogens is 267 g/mol. The van der Waals surface area contributed by atoms with Crippen molar-refractivity contribution >= 4 is 52.5 Å². The maximum atomic E-state index is 11.4. The van der Waals surface area contributed by atoms with Crippen molar-refractivity contribution in [2.24, 2.45) is 0 Å². The lowest BCUT2D eigenvalue weighted by molar-refractivity contribution is -0.115. The molecule has 0 radical (unpaired) electrons. The molecule has 6 heteroatoms. The molecule has 1 aliphatic heterocycles. The van der Waals surface area contributed by atoms with Crippen molar-refractivity contribution < 1.29 is 4.79 Å². The van der Waals surface area contributed by atoms with Gasteiger partial charge in [0.15, 0.2) is 5.11 Å². The first kappa shape index (κ1) is 11.4. The van der Waals surface area contributed by atoms with Crippen LogP contribution in [0.1, 0.15) is 5.56 Å².